The first-order valence-corrected chi connectivity index (χ1v) is 6.09. The summed E-state index contributed by atoms with van der Waals surface area (Å²) in [5.74, 6) is 0. The van der Waals surface area contributed by atoms with Gasteiger partial charge < -0.3 is 9.77 Å². The van der Waals surface area contributed by atoms with Crippen LogP contribution in [0.25, 0.3) is 16.7 Å². The molecule has 1 N–H and O–H groups in total. The molecular formula is C13H9F3N4O2. The smallest absolute Gasteiger partial charge is 0.411 e. The van der Waals surface area contributed by atoms with Crippen LogP contribution in [0.1, 0.15) is 11.3 Å². The van der Waals surface area contributed by atoms with Crippen LogP contribution in [-0.4, -0.2) is 25.4 Å². The molecule has 1 aromatic carbocycles. The van der Waals surface area contributed by atoms with E-state index in [1.807, 2.05) is 0 Å². The van der Waals surface area contributed by atoms with Gasteiger partial charge in [-0.2, -0.15) is 13.2 Å². The molecule has 0 bridgehead atoms. The number of alkyl halides is 3. The number of aromatic nitrogens is 3. The maximum Gasteiger partial charge on any atom is 0.416 e. The summed E-state index contributed by atoms with van der Waals surface area (Å²) in [5, 5.41) is 11.3. The van der Waals surface area contributed by atoms with Crippen molar-refractivity contribution in [3.63, 3.8) is 0 Å². The Morgan fingerprint density at radius 2 is 2.05 bits per heavy atom. The first-order chi connectivity index (χ1) is 10.3. The molecule has 0 aliphatic carbocycles. The molecule has 0 atom stereocenters. The van der Waals surface area contributed by atoms with E-state index in [2.05, 4.69) is 10.1 Å². The monoisotopic (exact) mass is 310 g/mol. The van der Waals surface area contributed by atoms with Gasteiger partial charge in [-0.3, -0.25) is 9.20 Å². The fraction of sp³-hybridized carbons (Fsp3) is 0.154. The molecule has 0 fully saturated rings. The summed E-state index contributed by atoms with van der Waals surface area (Å²) in [6.45, 7) is 0. The van der Waals surface area contributed by atoms with Crippen LogP contribution in [0.15, 0.2) is 34.3 Å². The maximum atomic E-state index is 12.8. The summed E-state index contributed by atoms with van der Waals surface area (Å²) in [5.41, 5.74) is -0.639. The van der Waals surface area contributed by atoms with Crippen molar-refractivity contribution < 1.29 is 18.4 Å². The van der Waals surface area contributed by atoms with Gasteiger partial charge in [-0.1, -0.05) is 5.16 Å². The molecule has 0 radical (unpaired) electrons. The minimum absolute atomic E-state index is 0.0321. The average Bonchev–Trinajstić information content (AvgIpc) is 2.88. The van der Waals surface area contributed by atoms with E-state index in [0.29, 0.717) is 5.52 Å². The fourth-order valence-electron chi connectivity index (χ4n) is 2.29. The SMILES string of the molecule is Cn1c(=O)c2nc(C=NO)cn2c2ccc(C(F)(F)F)cc21. The molecule has 2 heterocycles. The highest BCUT2D eigenvalue weighted by Gasteiger charge is 2.31. The molecule has 0 saturated carbocycles. The van der Waals surface area contributed by atoms with E-state index < -0.39 is 17.3 Å². The van der Waals surface area contributed by atoms with Crippen LogP contribution in [0.4, 0.5) is 13.2 Å². The molecule has 0 aliphatic rings. The quantitative estimate of drug-likeness (QED) is 0.424. The maximum absolute atomic E-state index is 12.8. The van der Waals surface area contributed by atoms with Gasteiger partial charge in [-0.15, -0.1) is 0 Å². The highest BCUT2D eigenvalue weighted by Crippen LogP contribution is 2.31. The van der Waals surface area contributed by atoms with E-state index in [9.17, 15) is 18.0 Å². The molecule has 6 nitrogen and oxygen atoms in total. The normalized spacial score (nSPS) is 12.7. The molecule has 9 heteroatoms. The Kier molecular flexibility index (Phi) is 2.94. The van der Waals surface area contributed by atoms with Gasteiger partial charge in [0, 0.05) is 13.2 Å². The Balaban J connectivity index is 2.44. The van der Waals surface area contributed by atoms with Crippen molar-refractivity contribution in [2.75, 3.05) is 0 Å². The molecule has 0 aliphatic heterocycles. The molecule has 114 valence electrons. The molecule has 0 saturated heterocycles. The summed E-state index contributed by atoms with van der Waals surface area (Å²) in [4.78, 5) is 16.2. The second kappa shape index (κ2) is 4.58. The van der Waals surface area contributed by atoms with Crippen LogP contribution in [0, 0.1) is 0 Å². The topological polar surface area (TPSA) is 71.9 Å². The predicted molar refractivity (Wildman–Crippen MR) is 72.3 cm³/mol. The van der Waals surface area contributed by atoms with E-state index in [4.69, 9.17) is 5.21 Å². The minimum Gasteiger partial charge on any atom is -0.411 e. The number of rotatable bonds is 1. The number of hydrogen-bond acceptors (Lipinski definition) is 4. The van der Waals surface area contributed by atoms with E-state index in [0.717, 1.165) is 22.9 Å². The Morgan fingerprint density at radius 1 is 1.32 bits per heavy atom. The third-order valence-corrected chi connectivity index (χ3v) is 3.33. The van der Waals surface area contributed by atoms with Gasteiger partial charge in [-0.25, -0.2) is 4.98 Å². The molecule has 0 amide bonds. The van der Waals surface area contributed by atoms with E-state index >= 15 is 0 Å². The van der Waals surface area contributed by atoms with E-state index in [1.54, 1.807) is 0 Å². The first kappa shape index (κ1) is 14.1. The summed E-state index contributed by atoms with van der Waals surface area (Å²) >= 11 is 0. The van der Waals surface area contributed by atoms with Crippen molar-refractivity contribution in [2.45, 2.75) is 6.18 Å². The molecule has 0 spiro atoms. The van der Waals surface area contributed by atoms with Gasteiger partial charge in [0.15, 0.2) is 0 Å². The number of aryl methyl sites for hydroxylation is 1. The lowest BCUT2D eigenvalue weighted by Gasteiger charge is -2.11. The largest absolute Gasteiger partial charge is 0.416 e. The van der Waals surface area contributed by atoms with Crippen molar-refractivity contribution in [3.8, 4) is 0 Å². The number of halogens is 3. The van der Waals surface area contributed by atoms with Crippen LogP contribution < -0.4 is 5.56 Å². The lowest BCUT2D eigenvalue weighted by Crippen LogP contribution is -2.20. The molecule has 3 rings (SSSR count). The number of nitrogens with zero attached hydrogens (tertiary/aromatic N) is 4. The van der Waals surface area contributed by atoms with Gasteiger partial charge in [0.05, 0.1) is 22.8 Å². The average molecular weight is 310 g/mol. The number of hydrogen-bond donors (Lipinski definition) is 1. The van der Waals surface area contributed by atoms with Crippen LogP contribution >= 0.6 is 0 Å². The summed E-state index contributed by atoms with van der Waals surface area (Å²) in [6, 6.07) is 3.12. The zero-order valence-electron chi connectivity index (χ0n) is 11.2. The number of imidazole rings is 1. The van der Waals surface area contributed by atoms with Gasteiger partial charge >= 0.3 is 6.18 Å². The minimum atomic E-state index is -4.50. The van der Waals surface area contributed by atoms with Crippen molar-refractivity contribution in [2.24, 2.45) is 12.2 Å². The zero-order valence-corrected chi connectivity index (χ0v) is 11.2. The van der Waals surface area contributed by atoms with Crippen molar-refractivity contribution in [3.05, 3.63) is 46.0 Å². The van der Waals surface area contributed by atoms with E-state index in [1.165, 1.54) is 23.7 Å². The Morgan fingerprint density at radius 3 is 2.68 bits per heavy atom. The lowest BCUT2D eigenvalue weighted by atomic mass is 10.2. The fourth-order valence-corrected chi connectivity index (χ4v) is 2.29. The molecular weight excluding hydrogens is 301 g/mol. The first-order valence-electron chi connectivity index (χ1n) is 6.09. The third kappa shape index (κ3) is 2.01. The lowest BCUT2D eigenvalue weighted by molar-refractivity contribution is -0.137. The van der Waals surface area contributed by atoms with Crippen LogP contribution in [0.5, 0.6) is 0 Å². The molecule has 0 unspecified atom stereocenters. The van der Waals surface area contributed by atoms with Crippen molar-refractivity contribution in [1.29, 1.82) is 0 Å². The van der Waals surface area contributed by atoms with Gasteiger partial charge in [-0.05, 0) is 18.2 Å². The summed E-state index contributed by atoms with van der Waals surface area (Å²) in [6.07, 6.45) is -2.06. The summed E-state index contributed by atoms with van der Waals surface area (Å²) < 4.78 is 40.9. The highest BCUT2D eigenvalue weighted by molar-refractivity contribution is 5.82. The molecule has 22 heavy (non-hydrogen) atoms. The molecule has 2 aromatic heterocycles. The zero-order chi connectivity index (χ0) is 16.1. The Labute approximate surface area is 120 Å². The van der Waals surface area contributed by atoms with Crippen LogP contribution in [0.3, 0.4) is 0 Å². The number of oxime groups is 1. The Bertz CT molecular complexity index is 969. The summed E-state index contributed by atoms with van der Waals surface area (Å²) in [7, 11) is 1.37. The third-order valence-electron chi connectivity index (χ3n) is 3.33. The number of fused-ring (bicyclic) bond motifs is 3. The van der Waals surface area contributed by atoms with Gasteiger partial charge in [0.2, 0.25) is 5.65 Å². The number of benzene rings is 1. The van der Waals surface area contributed by atoms with E-state index in [-0.39, 0.29) is 16.9 Å². The second-order valence-electron chi connectivity index (χ2n) is 4.67. The highest BCUT2D eigenvalue weighted by atomic mass is 19.4. The standard InChI is InChI=1S/C13H9F3N4O2/c1-19-10-4-7(13(14,15)16)2-3-9(10)20-6-8(5-17-22)18-11(20)12(19)21/h2-6,22H,1H3. The van der Waals surface area contributed by atoms with Gasteiger partial charge in [0.1, 0.15) is 5.69 Å². The predicted octanol–water partition coefficient (Wildman–Crippen LogP) is 2.01. The van der Waals surface area contributed by atoms with Gasteiger partial charge in [0.25, 0.3) is 5.56 Å². The second-order valence-corrected chi connectivity index (χ2v) is 4.67. The Hall–Kier alpha value is -2.84. The molecule has 3 aromatic rings. The van der Waals surface area contributed by atoms with Crippen molar-refractivity contribution >= 4 is 22.9 Å². The van der Waals surface area contributed by atoms with Crippen LogP contribution in [0.2, 0.25) is 0 Å². The van der Waals surface area contributed by atoms with Crippen molar-refractivity contribution in [1.82, 2.24) is 14.0 Å². The van der Waals surface area contributed by atoms with Crippen LogP contribution in [-0.2, 0) is 13.2 Å².